The van der Waals surface area contributed by atoms with Crippen molar-refractivity contribution in [2.24, 2.45) is 10.9 Å². The first-order chi connectivity index (χ1) is 7.63. The first-order valence-corrected chi connectivity index (χ1v) is 5.97. The van der Waals surface area contributed by atoms with Crippen molar-refractivity contribution in [3.8, 4) is 0 Å². The first-order valence-electron chi connectivity index (χ1n) is 5.97. The molecule has 3 heteroatoms. The van der Waals surface area contributed by atoms with Crippen LogP contribution in [0.4, 0.5) is 0 Å². The van der Waals surface area contributed by atoms with Gasteiger partial charge in [0.15, 0.2) is 0 Å². The Labute approximate surface area is 98.2 Å². The van der Waals surface area contributed by atoms with E-state index < -0.39 is 0 Å². The van der Waals surface area contributed by atoms with Gasteiger partial charge in [-0.3, -0.25) is 4.79 Å². The average molecular weight is 222 g/mol. The van der Waals surface area contributed by atoms with Crippen LogP contribution in [0, 0.1) is 5.92 Å². The van der Waals surface area contributed by atoms with Gasteiger partial charge in [0.05, 0.1) is 0 Å². The van der Waals surface area contributed by atoms with Crippen LogP contribution >= 0.6 is 0 Å². The zero-order valence-electron chi connectivity index (χ0n) is 10.6. The summed E-state index contributed by atoms with van der Waals surface area (Å²) >= 11 is 0. The molecular weight excluding hydrogens is 200 g/mol. The number of likely N-dealkylation sites (tertiary alicyclic amines) is 1. The van der Waals surface area contributed by atoms with Crippen LogP contribution in [0.25, 0.3) is 0 Å². The summed E-state index contributed by atoms with van der Waals surface area (Å²) in [7, 11) is 1.80. The molecule has 0 aromatic rings. The van der Waals surface area contributed by atoms with Gasteiger partial charge in [-0.25, -0.2) is 0 Å². The number of hydrogen-bond acceptors (Lipinski definition) is 2. The Morgan fingerprint density at radius 2 is 2.00 bits per heavy atom. The van der Waals surface area contributed by atoms with Crippen LogP contribution in [0.2, 0.25) is 0 Å². The molecule has 1 amide bonds. The molecule has 0 saturated carbocycles. The molecule has 0 spiro atoms. The average Bonchev–Trinajstić information content (AvgIpc) is 2.27. The molecule has 0 aromatic carbocycles. The number of carbonyl (C=O) groups excluding carboxylic acids is 1. The summed E-state index contributed by atoms with van der Waals surface area (Å²) in [6.45, 7) is 5.62. The third-order valence-corrected chi connectivity index (χ3v) is 3.10. The zero-order valence-corrected chi connectivity index (χ0v) is 10.6. The number of amides is 1. The molecule has 1 aliphatic rings. The Bertz CT molecular complexity index is 286. The second-order valence-electron chi connectivity index (χ2n) is 4.50. The SMILES string of the molecule is CN=CC/C(C)=C\C1CCN(C(C)=O)CC1. The molecule has 1 fully saturated rings. The third kappa shape index (κ3) is 4.17. The maximum absolute atomic E-state index is 11.2. The minimum atomic E-state index is 0.206. The highest BCUT2D eigenvalue weighted by molar-refractivity contribution is 5.73. The number of rotatable bonds is 3. The van der Waals surface area contributed by atoms with E-state index in [9.17, 15) is 4.79 Å². The van der Waals surface area contributed by atoms with Gasteiger partial charge in [0, 0.05) is 39.7 Å². The van der Waals surface area contributed by atoms with Crippen molar-refractivity contribution >= 4 is 12.1 Å². The van der Waals surface area contributed by atoms with Gasteiger partial charge < -0.3 is 9.89 Å². The lowest BCUT2D eigenvalue weighted by molar-refractivity contribution is -0.129. The lowest BCUT2D eigenvalue weighted by Crippen LogP contribution is -2.36. The summed E-state index contributed by atoms with van der Waals surface area (Å²) in [6.07, 6.45) is 7.43. The van der Waals surface area contributed by atoms with Crippen molar-refractivity contribution in [3.05, 3.63) is 11.6 Å². The minimum Gasteiger partial charge on any atom is -0.343 e. The molecule has 0 bridgehead atoms. The zero-order chi connectivity index (χ0) is 12.0. The summed E-state index contributed by atoms with van der Waals surface area (Å²) < 4.78 is 0. The van der Waals surface area contributed by atoms with Crippen LogP contribution in [0.15, 0.2) is 16.6 Å². The van der Waals surface area contributed by atoms with E-state index in [1.54, 1.807) is 14.0 Å². The van der Waals surface area contributed by atoms with Crippen molar-refractivity contribution in [3.63, 3.8) is 0 Å². The van der Waals surface area contributed by atoms with E-state index in [1.165, 1.54) is 5.57 Å². The van der Waals surface area contributed by atoms with E-state index in [-0.39, 0.29) is 5.91 Å². The lowest BCUT2D eigenvalue weighted by Gasteiger charge is -2.30. The summed E-state index contributed by atoms with van der Waals surface area (Å²) in [5.74, 6) is 0.845. The van der Waals surface area contributed by atoms with E-state index >= 15 is 0 Å². The van der Waals surface area contributed by atoms with Gasteiger partial charge in [0.25, 0.3) is 0 Å². The van der Waals surface area contributed by atoms with Crippen LogP contribution < -0.4 is 0 Å². The molecule has 90 valence electrons. The van der Waals surface area contributed by atoms with E-state index in [0.29, 0.717) is 5.92 Å². The van der Waals surface area contributed by atoms with E-state index in [4.69, 9.17) is 0 Å². The second-order valence-corrected chi connectivity index (χ2v) is 4.50. The normalized spacial score (nSPS) is 19.4. The molecule has 3 nitrogen and oxygen atoms in total. The highest BCUT2D eigenvalue weighted by atomic mass is 16.2. The van der Waals surface area contributed by atoms with Crippen LogP contribution in [-0.4, -0.2) is 37.2 Å². The highest BCUT2D eigenvalue weighted by Gasteiger charge is 2.18. The predicted octanol–water partition coefficient (Wildman–Crippen LogP) is 2.28. The Hall–Kier alpha value is -1.12. The molecule has 1 aliphatic heterocycles. The summed E-state index contributed by atoms with van der Waals surface area (Å²) in [5, 5.41) is 0. The van der Waals surface area contributed by atoms with Gasteiger partial charge in [-0.15, -0.1) is 0 Å². The standard InChI is InChI=1S/C13H22N2O/c1-11(4-7-14-3)10-13-5-8-15(9-6-13)12(2)16/h7,10,13H,4-6,8-9H2,1-3H3/b11-10-,14-7?. The number of allylic oxidation sites excluding steroid dienone is 2. The fourth-order valence-electron chi connectivity index (χ4n) is 2.09. The molecule has 0 unspecified atom stereocenters. The molecule has 0 radical (unpaired) electrons. The molecule has 16 heavy (non-hydrogen) atoms. The summed E-state index contributed by atoms with van der Waals surface area (Å²) in [4.78, 5) is 17.1. The summed E-state index contributed by atoms with van der Waals surface area (Å²) in [5.41, 5.74) is 1.38. The fourth-order valence-corrected chi connectivity index (χ4v) is 2.09. The van der Waals surface area contributed by atoms with Crippen molar-refractivity contribution in [1.29, 1.82) is 0 Å². The number of aliphatic imine (C=N–C) groups is 1. The van der Waals surface area contributed by atoms with Crippen molar-refractivity contribution in [2.75, 3.05) is 20.1 Å². The Kier molecular flexibility index (Phi) is 5.23. The maximum Gasteiger partial charge on any atom is 0.219 e. The monoisotopic (exact) mass is 222 g/mol. The maximum atomic E-state index is 11.2. The van der Waals surface area contributed by atoms with Gasteiger partial charge in [-0.2, -0.15) is 0 Å². The molecular formula is C13H22N2O. The van der Waals surface area contributed by atoms with E-state index in [1.807, 2.05) is 11.1 Å². The van der Waals surface area contributed by atoms with E-state index in [0.717, 1.165) is 32.4 Å². The van der Waals surface area contributed by atoms with Crippen LogP contribution in [0.1, 0.15) is 33.1 Å². The van der Waals surface area contributed by atoms with Crippen molar-refractivity contribution in [2.45, 2.75) is 33.1 Å². The smallest absolute Gasteiger partial charge is 0.219 e. The van der Waals surface area contributed by atoms with Gasteiger partial charge in [-0.05, 0) is 25.7 Å². The van der Waals surface area contributed by atoms with Gasteiger partial charge >= 0.3 is 0 Å². The fraction of sp³-hybridized carbons (Fsp3) is 0.692. The number of carbonyl (C=O) groups is 1. The Balaban J connectivity index is 2.39. The van der Waals surface area contributed by atoms with Crippen molar-refractivity contribution in [1.82, 2.24) is 4.90 Å². The molecule has 1 rings (SSSR count). The summed E-state index contributed by atoms with van der Waals surface area (Å²) in [6, 6.07) is 0. The quantitative estimate of drug-likeness (QED) is 0.532. The largest absolute Gasteiger partial charge is 0.343 e. The molecule has 0 aliphatic carbocycles. The van der Waals surface area contributed by atoms with Gasteiger partial charge in [0.1, 0.15) is 0 Å². The van der Waals surface area contributed by atoms with Crippen LogP contribution in [0.3, 0.4) is 0 Å². The van der Waals surface area contributed by atoms with E-state index in [2.05, 4.69) is 18.0 Å². The van der Waals surface area contributed by atoms with Gasteiger partial charge in [-0.1, -0.05) is 11.6 Å². The van der Waals surface area contributed by atoms with Crippen LogP contribution in [-0.2, 0) is 4.79 Å². The molecule has 1 heterocycles. The van der Waals surface area contributed by atoms with Crippen LogP contribution in [0.5, 0.6) is 0 Å². The number of piperidine rings is 1. The Morgan fingerprint density at radius 1 is 1.38 bits per heavy atom. The van der Waals surface area contributed by atoms with Crippen molar-refractivity contribution < 1.29 is 4.79 Å². The molecule has 0 N–H and O–H groups in total. The topological polar surface area (TPSA) is 32.7 Å². The first kappa shape index (κ1) is 12.9. The predicted molar refractivity (Wildman–Crippen MR) is 67.8 cm³/mol. The third-order valence-electron chi connectivity index (χ3n) is 3.10. The lowest BCUT2D eigenvalue weighted by atomic mass is 9.94. The molecule has 0 aromatic heterocycles. The number of hydrogen-bond donors (Lipinski definition) is 0. The Morgan fingerprint density at radius 3 is 2.50 bits per heavy atom. The molecule has 0 atom stereocenters. The molecule has 1 saturated heterocycles. The highest BCUT2D eigenvalue weighted by Crippen LogP contribution is 2.20. The minimum absolute atomic E-state index is 0.206. The number of nitrogens with zero attached hydrogens (tertiary/aromatic N) is 2. The van der Waals surface area contributed by atoms with Gasteiger partial charge in [0.2, 0.25) is 5.91 Å². The second kappa shape index (κ2) is 6.46.